The number of aliphatic imine (C=N–C) groups is 2. The molecule has 2 heterocycles. The van der Waals surface area contributed by atoms with E-state index in [1.54, 1.807) is 0 Å². The number of nitrogens with one attached hydrogen (secondary N) is 6. The van der Waals surface area contributed by atoms with Crippen LogP contribution in [0.2, 0.25) is 15.1 Å². The molecule has 0 bridgehead atoms. The molecule has 0 unspecified atom stereocenters. The van der Waals surface area contributed by atoms with E-state index in [2.05, 4.69) is 61.6 Å². The number of ketones is 1. The van der Waals surface area contributed by atoms with E-state index in [1.165, 1.54) is 48.5 Å². The van der Waals surface area contributed by atoms with E-state index in [0.29, 0.717) is 21.4 Å². The average Bonchev–Trinajstić information content (AvgIpc) is 3.77. The number of hydrogen-bond acceptors (Lipinski definition) is 13. The van der Waals surface area contributed by atoms with Gasteiger partial charge >= 0.3 is 12.1 Å². The lowest BCUT2D eigenvalue weighted by molar-refractivity contribution is -0.384. The van der Waals surface area contributed by atoms with E-state index in [1.807, 2.05) is 0 Å². The van der Waals surface area contributed by atoms with Gasteiger partial charge in [0.25, 0.3) is 29.4 Å². The van der Waals surface area contributed by atoms with Gasteiger partial charge in [0.05, 0.1) is 4.92 Å². The minimum absolute atomic E-state index is 0.363. The van der Waals surface area contributed by atoms with Gasteiger partial charge in [-0.15, -0.1) is 10.2 Å². The summed E-state index contributed by atoms with van der Waals surface area (Å²) in [5, 5.41) is 33.6. The zero-order chi connectivity index (χ0) is 39.8. The Hall–Kier alpha value is -7.30. The highest BCUT2D eigenvalue weighted by Gasteiger charge is 2.39. The second kappa shape index (κ2) is 17.0. The lowest BCUT2D eigenvalue weighted by atomic mass is 9.87. The molecule has 25 heteroatoms. The fourth-order valence-corrected chi connectivity index (χ4v) is 4.99. The van der Waals surface area contributed by atoms with Gasteiger partial charge < -0.3 is 22.1 Å². The number of aromatic nitrogens is 6. The maximum absolute atomic E-state index is 14.2. The molecule has 3 aromatic carbocycles. The van der Waals surface area contributed by atoms with E-state index in [9.17, 15) is 34.1 Å². The van der Waals surface area contributed by atoms with Gasteiger partial charge in [0.2, 0.25) is 11.9 Å². The molecule has 0 aliphatic carbocycles. The predicted molar refractivity (Wildman–Crippen MR) is 199 cm³/mol. The lowest BCUT2D eigenvalue weighted by Gasteiger charge is -2.17. The number of nitro groups is 1. The van der Waals surface area contributed by atoms with E-state index in [0.717, 1.165) is 18.2 Å². The third kappa shape index (κ3) is 9.98. The van der Waals surface area contributed by atoms with Crippen molar-refractivity contribution in [2.45, 2.75) is 0 Å². The number of primary amides is 2. The van der Waals surface area contributed by atoms with E-state index < -0.39 is 80.1 Å². The SMILES string of the molecule is NC(=O)C(=Nc1nc(NC(=O)Nc2ccc(Cl)cc2)n[nH]1)C(C(=O)c1cccc([N+](=O)[O-])c1Cl)C(=Nc1nc(NC(=O)Nc2ccc(Cl)cc2)n[nH]1)C(N)=O. The van der Waals surface area contributed by atoms with Gasteiger partial charge in [0, 0.05) is 33.0 Å². The molecule has 5 aromatic rings. The second-order valence-electron chi connectivity index (χ2n) is 10.6. The van der Waals surface area contributed by atoms with Crippen LogP contribution < -0.4 is 32.7 Å². The summed E-state index contributed by atoms with van der Waals surface area (Å²) in [6.45, 7) is 0. The topological polar surface area (TPSA) is 337 Å². The summed E-state index contributed by atoms with van der Waals surface area (Å²) in [5.74, 6) is -8.16. The number of amides is 6. The molecule has 22 nitrogen and oxygen atoms in total. The Labute approximate surface area is 321 Å². The van der Waals surface area contributed by atoms with Crippen molar-refractivity contribution in [2.24, 2.45) is 27.4 Å². The van der Waals surface area contributed by atoms with Gasteiger partial charge in [-0.25, -0.2) is 29.8 Å². The zero-order valence-electron chi connectivity index (χ0n) is 27.2. The Morgan fingerprint density at radius 3 is 1.53 bits per heavy atom. The van der Waals surface area contributed by atoms with Crippen LogP contribution in [0.3, 0.4) is 0 Å². The highest BCUT2D eigenvalue weighted by Crippen LogP contribution is 2.31. The van der Waals surface area contributed by atoms with Crippen LogP contribution in [0.25, 0.3) is 0 Å². The van der Waals surface area contributed by atoms with Gasteiger partial charge in [0.1, 0.15) is 22.4 Å². The van der Waals surface area contributed by atoms with Gasteiger partial charge in [-0.05, 0) is 54.6 Å². The highest BCUT2D eigenvalue weighted by molar-refractivity contribution is 6.58. The summed E-state index contributed by atoms with van der Waals surface area (Å²) in [4.78, 5) is 91.6. The molecule has 10 N–H and O–H groups in total. The van der Waals surface area contributed by atoms with Gasteiger partial charge in [-0.3, -0.25) is 35.1 Å². The minimum Gasteiger partial charge on any atom is -0.365 e. The number of urea groups is 2. The normalized spacial score (nSPS) is 12.0. The minimum atomic E-state index is -2.24. The Bertz CT molecular complexity index is 2250. The maximum Gasteiger partial charge on any atom is 0.326 e. The molecule has 5 rings (SSSR count). The number of benzene rings is 3. The summed E-state index contributed by atoms with van der Waals surface area (Å²) in [5.41, 5.74) is 8.85. The molecule has 6 amide bonds. The summed E-state index contributed by atoms with van der Waals surface area (Å²) in [6.07, 6.45) is 0. The average molecular weight is 811 g/mol. The monoisotopic (exact) mass is 809 g/mol. The number of H-pyrrole nitrogens is 2. The number of aromatic amines is 2. The number of nitro benzene ring substituents is 1. The molecule has 280 valence electrons. The van der Waals surface area contributed by atoms with Crippen LogP contribution in [0, 0.1) is 16.0 Å². The molecule has 0 spiro atoms. The van der Waals surface area contributed by atoms with Crippen LogP contribution in [0.5, 0.6) is 0 Å². The van der Waals surface area contributed by atoms with Gasteiger partial charge in [-0.2, -0.15) is 9.97 Å². The van der Waals surface area contributed by atoms with E-state index in [-0.39, 0.29) is 11.9 Å². The summed E-state index contributed by atoms with van der Waals surface area (Å²) in [6, 6.07) is 13.8. The van der Waals surface area contributed by atoms with Crippen molar-refractivity contribution < 1.29 is 28.9 Å². The lowest BCUT2D eigenvalue weighted by Crippen LogP contribution is -2.44. The van der Waals surface area contributed by atoms with Crippen LogP contribution in [0.4, 0.5) is 50.4 Å². The fraction of sp³-hybridized carbons (Fsp3) is 0.0333. The first-order valence-corrected chi connectivity index (χ1v) is 16.1. The van der Waals surface area contributed by atoms with Crippen molar-refractivity contribution in [3.05, 3.63) is 97.5 Å². The number of rotatable bonds is 13. The van der Waals surface area contributed by atoms with Crippen molar-refractivity contribution in [3.8, 4) is 0 Å². The van der Waals surface area contributed by atoms with E-state index in [4.69, 9.17) is 46.3 Å². The third-order valence-electron chi connectivity index (χ3n) is 6.81. The molecular formula is C30H22Cl3N15O7. The first-order valence-electron chi connectivity index (χ1n) is 14.9. The first kappa shape index (κ1) is 38.9. The fourth-order valence-electron chi connectivity index (χ4n) is 4.45. The largest absolute Gasteiger partial charge is 0.365 e. The van der Waals surface area contributed by atoms with Crippen molar-refractivity contribution >= 4 is 117 Å². The van der Waals surface area contributed by atoms with Crippen LogP contribution in [-0.2, 0) is 9.59 Å². The number of carbonyl (C=O) groups excluding carboxylic acids is 5. The van der Waals surface area contributed by atoms with Crippen molar-refractivity contribution in [2.75, 3.05) is 21.3 Å². The molecule has 0 atom stereocenters. The molecule has 0 saturated heterocycles. The van der Waals surface area contributed by atoms with Crippen LogP contribution in [0.1, 0.15) is 10.4 Å². The standard InChI is InChI=1S/C30H22Cl3N15O7/c31-12-4-8-14(9-5-12)36-29(52)42-27-40-25(44-46-27)38-20(23(34)50)18(22(49)16-2-1-3-17(19(16)33)48(54)55)21(24(35)51)39-26-41-28(47-45-26)43-30(53)37-15-10-6-13(32)7-11-15/h1-11,18H,(H2,34,50)(H2,35,51)(H3,36,40,42,44,46,52)(H3,37,41,43,45,47,53). The maximum atomic E-state index is 14.2. The number of nitrogens with zero attached hydrogens (tertiary/aromatic N) is 7. The van der Waals surface area contributed by atoms with E-state index >= 15 is 0 Å². The van der Waals surface area contributed by atoms with Crippen LogP contribution in [-0.4, -0.2) is 76.4 Å². The highest BCUT2D eigenvalue weighted by atomic mass is 35.5. The smallest absolute Gasteiger partial charge is 0.326 e. The molecule has 0 aliphatic heterocycles. The number of anilines is 4. The molecule has 0 aliphatic rings. The second-order valence-corrected chi connectivity index (χ2v) is 11.8. The predicted octanol–water partition coefficient (Wildman–Crippen LogP) is 4.39. The Balaban J connectivity index is 1.50. The molecule has 0 fully saturated rings. The first-order chi connectivity index (χ1) is 26.2. The Kier molecular flexibility index (Phi) is 12.0. The number of nitrogens with two attached hydrogens (primary N) is 2. The van der Waals surface area contributed by atoms with Crippen molar-refractivity contribution in [1.82, 2.24) is 30.4 Å². The zero-order valence-corrected chi connectivity index (χ0v) is 29.5. The third-order valence-corrected chi connectivity index (χ3v) is 7.71. The number of halogens is 3. The van der Waals surface area contributed by atoms with Crippen LogP contribution in [0.15, 0.2) is 76.7 Å². The Morgan fingerprint density at radius 2 is 1.13 bits per heavy atom. The molecule has 0 radical (unpaired) electrons. The van der Waals surface area contributed by atoms with Crippen LogP contribution >= 0.6 is 34.8 Å². The summed E-state index contributed by atoms with van der Waals surface area (Å²) < 4.78 is 0. The molecule has 55 heavy (non-hydrogen) atoms. The summed E-state index contributed by atoms with van der Waals surface area (Å²) in [7, 11) is 0. The Morgan fingerprint density at radius 1 is 0.691 bits per heavy atom. The summed E-state index contributed by atoms with van der Waals surface area (Å²) >= 11 is 17.9. The molecule has 2 aromatic heterocycles. The van der Waals surface area contributed by atoms with Crippen molar-refractivity contribution in [1.29, 1.82) is 0 Å². The number of hydrogen-bond donors (Lipinski definition) is 8. The quantitative estimate of drug-likeness (QED) is 0.0357. The molecular weight excluding hydrogens is 789 g/mol. The number of Topliss-reactive ketones (excluding diaryl/α,β-unsaturated/α-hetero) is 1. The van der Waals surface area contributed by atoms with Gasteiger partial charge in [0.15, 0.2) is 5.78 Å². The number of carbonyl (C=O) groups is 5. The van der Waals surface area contributed by atoms with Crippen molar-refractivity contribution in [3.63, 3.8) is 0 Å². The molecule has 0 saturated carbocycles. The van der Waals surface area contributed by atoms with Gasteiger partial charge in [-0.1, -0.05) is 40.9 Å².